The lowest BCUT2D eigenvalue weighted by molar-refractivity contribution is 0.0593. The molecule has 0 aromatic carbocycles. The molecule has 0 fully saturated rings. The third-order valence-electron chi connectivity index (χ3n) is 1.38. The summed E-state index contributed by atoms with van der Waals surface area (Å²) < 4.78 is 4.51. The standard InChI is InChI=1S/C9H12N2O2S/c1-6(2)14-8-5-10-7(4-11-8)9(12)13-3/h4-6H,1-3H3. The number of carbonyl (C=O) groups excluding carboxylic acids is 1. The molecule has 14 heavy (non-hydrogen) atoms. The van der Waals surface area contributed by atoms with Crippen LogP contribution in [0.1, 0.15) is 24.3 Å². The first-order valence-electron chi connectivity index (χ1n) is 4.20. The smallest absolute Gasteiger partial charge is 0.358 e. The SMILES string of the molecule is COC(=O)c1cnc(SC(C)C)cn1. The van der Waals surface area contributed by atoms with Gasteiger partial charge in [0.2, 0.25) is 0 Å². The van der Waals surface area contributed by atoms with Gasteiger partial charge in [-0.05, 0) is 0 Å². The van der Waals surface area contributed by atoms with Crippen molar-refractivity contribution in [2.24, 2.45) is 0 Å². The number of hydrogen-bond donors (Lipinski definition) is 0. The molecule has 0 aliphatic rings. The third kappa shape index (κ3) is 2.99. The minimum atomic E-state index is -0.460. The van der Waals surface area contributed by atoms with Crippen LogP contribution >= 0.6 is 11.8 Å². The van der Waals surface area contributed by atoms with Gasteiger partial charge in [-0.15, -0.1) is 11.8 Å². The molecule has 0 N–H and O–H groups in total. The molecule has 0 radical (unpaired) electrons. The van der Waals surface area contributed by atoms with Crippen molar-refractivity contribution < 1.29 is 9.53 Å². The zero-order valence-corrected chi connectivity index (χ0v) is 9.17. The van der Waals surface area contributed by atoms with E-state index in [1.54, 1.807) is 18.0 Å². The van der Waals surface area contributed by atoms with Gasteiger partial charge < -0.3 is 4.74 Å². The van der Waals surface area contributed by atoms with Crippen molar-refractivity contribution in [1.82, 2.24) is 9.97 Å². The van der Waals surface area contributed by atoms with Crippen LogP contribution in [0.25, 0.3) is 0 Å². The third-order valence-corrected chi connectivity index (χ3v) is 2.30. The zero-order valence-electron chi connectivity index (χ0n) is 8.35. The largest absolute Gasteiger partial charge is 0.464 e. The van der Waals surface area contributed by atoms with Gasteiger partial charge in [-0.2, -0.15) is 0 Å². The quantitative estimate of drug-likeness (QED) is 0.564. The summed E-state index contributed by atoms with van der Waals surface area (Å²) in [7, 11) is 1.32. The summed E-state index contributed by atoms with van der Waals surface area (Å²) in [6.07, 6.45) is 3.01. The molecule has 0 atom stereocenters. The number of nitrogens with zero attached hydrogens (tertiary/aromatic N) is 2. The van der Waals surface area contributed by atoms with Gasteiger partial charge in [-0.1, -0.05) is 13.8 Å². The van der Waals surface area contributed by atoms with Crippen molar-refractivity contribution in [3.63, 3.8) is 0 Å². The molecule has 1 rings (SSSR count). The highest BCUT2D eigenvalue weighted by Crippen LogP contribution is 2.19. The number of esters is 1. The molecule has 1 aromatic rings. The summed E-state index contributed by atoms with van der Waals surface area (Å²) in [6, 6.07) is 0. The Kier molecular flexibility index (Phi) is 3.88. The summed E-state index contributed by atoms with van der Waals surface area (Å²) in [4.78, 5) is 19.0. The minimum Gasteiger partial charge on any atom is -0.464 e. The van der Waals surface area contributed by atoms with E-state index in [1.807, 2.05) is 0 Å². The second-order valence-corrected chi connectivity index (χ2v) is 4.49. The van der Waals surface area contributed by atoms with Crippen molar-refractivity contribution in [2.45, 2.75) is 24.1 Å². The highest BCUT2D eigenvalue weighted by molar-refractivity contribution is 7.99. The number of methoxy groups -OCH3 is 1. The average molecular weight is 212 g/mol. The van der Waals surface area contributed by atoms with E-state index in [1.165, 1.54) is 13.3 Å². The van der Waals surface area contributed by atoms with Gasteiger partial charge in [0.05, 0.1) is 19.5 Å². The Morgan fingerprint density at radius 3 is 2.57 bits per heavy atom. The van der Waals surface area contributed by atoms with Crippen LogP contribution in [0, 0.1) is 0 Å². The molecular formula is C9H12N2O2S. The predicted molar refractivity (Wildman–Crippen MR) is 54.4 cm³/mol. The Balaban J connectivity index is 2.73. The van der Waals surface area contributed by atoms with E-state index in [-0.39, 0.29) is 5.69 Å². The van der Waals surface area contributed by atoms with Crippen LogP contribution in [-0.2, 0) is 4.74 Å². The van der Waals surface area contributed by atoms with Gasteiger partial charge in [0.1, 0.15) is 5.03 Å². The van der Waals surface area contributed by atoms with Crippen LogP contribution in [0.5, 0.6) is 0 Å². The highest BCUT2D eigenvalue weighted by Gasteiger charge is 2.07. The van der Waals surface area contributed by atoms with Crippen molar-refractivity contribution in [2.75, 3.05) is 7.11 Å². The maximum atomic E-state index is 11.0. The van der Waals surface area contributed by atoms with Crippen molar-refractivity contribution in [1.29, 1.82) is 0 Å². The molecule has 0 unspecified atom stereocenters. The van der Waals surface area contributed by atoms with Gasteiger partial charge in [-0.25, -0.2) is 14.8 Å². The molecule has 0 aliphatic heterocycles. The molecular weight excluding hydrogens is 200 g/mol. The molecule has 0 saturated heterocycles. The van der Waals surface area contributed by atoms with Crippen LogP contribution in [-0.4, -0.2) is 28.3 Å². The van der Waals surface area contributed by atoms with E-state index in [9.17, 15) is 4.79 Å². The molecule has 1 heterocycles. The molecule has 1 aromatic heterocycles. The lowest BCUT2D eigenvalue weighted by Crippen LogP contribution is -2.05. The van der Waals surface area contributed by atoms with Gasteiger partial charge >= 0.3 is 5.97 Å². The first-order chi connectivity index (χ1) is 6.63. The Morgan fingerprint density at radius 2 is 2.14 bits per heavy atom. The molecule has 4 nitrogen and oxygen atoms in total. The number of ether oxygens (including phenoxy) is 1. The minimum absolute atomic E-state index is 0.237. The number of thioether (sulfide) groups is 1. The lowest BCUT2D eigenvalue weighted by atomic mass is 10.5. The van der Waals surface area contributed by atoms with E-state index in [0.29, 0.717) is 5.25 Å². The van der Waals surface area contributed by atoms with E-state index in [2.05, 4.69) is 28.6 Å². The number of hydrogen-bond acceptors (Lipinski definition) is 5. The van der Waals surface area contributed by atoms with E-state index in [4.69, 9.17) is 0 Å². The van der Waals surface area contributed by atoms with E-state index in [0.717, 1.165) is 5.03 Å². The van der Waals surface area contributed by atoms with Gasteiger partial charge in [0.15, 0.2) is 5.69 Å². The Bertz CT molecular complexity index is 311. The monoisotopic (exact) mass is 212 g/mol. The maximum Gasteiger partial charge on any atom is 0.358 e. The van der Waals surface area contributed by atoms with E-state index < -0.39 is 5.97 Å². The number of aromatic nitrogens is 2. The summed E-state index contributed by atoms with van der Waals surface area (Å²) in [6.45, 7) is 4.14. The zero-order chi connectivity index (χ0) is 10.6. The molecule has 0 saturated carbocycles. The first-order valence-corrected chi connectivity index (χ1v) is 5.08. The van der Waals surface area contributed by atoms with E-state index >= 15 is 0 Å². The molecule has 5 heteroatoms. The fraction of sp³-hybridized carbons (Fsp3) is 0.444. The maximum absolute atomic E-state index is 11.0. The van der Waals surface area contributed by atoms with Gasteiger partial charge in [0.25, 0.3) is 0 Å². The van der Waals surface area contributed by atoms with Crippen LogP contribution < -0.4 is 0 Å². The Labute approximate surface area is 87.1 Å². The van der Waals surface area contributed by atoms with Crippen molar-refractivity contribution in [3.05, 3.63) is 18.1 Å². The fourth-order valence-electron chi connectivity index (χ4n) is 0.829. The summed E-state index contributed by atoms with van der Waals surface area (Å²) in [5.41, 5.74) is 0.237. The van der Waals surface area contributed by atoms with Crippen molar-refractivity contribution in [3.8, 4) is 0 Å². The van der Waals surface area contributed by atoms with Crippen LogP contribution in [0.4, 0.5) is 0 Å². The van der Waals surface area contributed by atoms with Crippen molar-refractivity contribution >= 4 is 17.7 Å². The Morgan fingerprint density at radius 1 is 1.43 bits per heavy atom. The molecule has 0 aliphatic carbocycles. The fourth-order valence-corrected chi connectivity index (χ4v) is 1.54. The average Bonchev–Trinajstić information content (AvgIpc) is 2.17. The molecule has 0 spiro atoms. The summed E-state index contributed by atoms with van der Waals surface area (Å²) in [5.74, 6) is -0.460. The highest BCUT2D eigenvalue weighted by atomic mass is 32.2. The topological polar surface area (TPSA) is 52.1 Å². The normalized spacial score (nSPS) is 10.3. The van der Waals surface area contributed by atoms with Gasteiger partial charge in [-0.3, -0.25) is 0 Å². The molecule has 0 bridgehead atoms. The van der Waals surface area contributed by atoms with Crippen LogP contribution in [0.15, 0.2) is 17.4 Å². The van der Waals surface area contributed by atoms with Crippen LogP contribution in [0.3, 0.4) is 0 Å². The van der Waals surface area contributed by atoms with Gasteiger partial charge in [0, 0.05) is 5.25 Å². The second kappa shape index (κ2) is 4.95. The lowest BCUT2D eigenvalue weighted by Gasteiger charge is -2.03. The molecule has 0 amide bonds. The summed E-state index contributed by atoms with van der Waals surface area (Å²) in [5, 5.41) is 1.26. The molecule has 76 valence electrons. The first kappa shape index (κ1) is 11.0. The number of rotatable bonds is 3. The van der Waals surface area contributed by atoms with Crippen LogP contribution in [0.2, 0.25) is 0 Å². The Hall–Kier alpha value is -1.10. The number of carbonyl (C=O) groups is 1. The predicted octanol–water partition coefficient (Wildman–Crippen LogP) is 1.76. The summed E-state index contributed by atoms with van der Waals surface area (Å²) >= 11 is 1.60. The second-order valence-electron chi connectivity index (χ2n) is 2.90.